The van der Waals surface area contributed by atoms with Crippen molar-refractivity contribution in [2.75, 3.05) is 11.5 Å². The maximum Gasteiger partial charge on any atom is 0.350 e. The van der Waals surface area contributed by atoms with Gasteiger partial charge in [-0.15, -0.1) is 23.5 Å². The zero-order chi connectivity index (χ0) is 26.1. The highest BCUT2D eigenvalue weighted by atomic mass is 32.2. The highest BCUT2D eigenvalue weighted by Gasteiger charge is 2.37. The minimum Gasteiger partial charge on any atom is -0.480 e. The number of carboxylic acids is 3. The van der Waals surface area contributed by atoms with Crippen molar-refractivity contribution in [2.45, 2.75) is 29.5 Å². The molecule has 11 heteroatoms. The Labute approximate surface area is 216 Å². The standard InChI is InChI=1S/C25H26N2O7S2/c28-19(12-16-9-5-2-6-10-16)26-21(25(33)34)22-27-20(24(31)32)17(14-36-22)13-35-18(23(29)30)11-15-7-3-1-4-8-15/h1-10,17-18,21-22H,11-14H2,(H,26,28)(H,29,30)(H,31,32)(H,33,34)/t17?,18?,21-,22+/m0/s1. The SMILES string of the molecule is O=C(Cc1ccccc1)N[C@H](C(=O)O)[C@@H]1N=C(C(=O)O)C(CSC(Cc2ccccc2)C(=O)O)CS1. The second-order valence-corrected chi connectivity index (χ2v) is 10.5. The average Bonchev–Trinajstić information content (AvgIpc) is 2.86. The fraction of sp³-hybridized carbons (Fsp3) is 0.320. The number of aliphatic carboxylic acids is 3. The molecular formula is C25H26N2O7S2. The summed E-state index contributed by atoms with van der Waals surface area (Å²) in [5.41, 5.74) is 1.36. The fourth-order valence-corrected chi connectivity index (χ4v) is 6.25. The molecule has 4 atom stereocenters. The van der Waals surface area contributed by atoms with Gasteiger partial charge >= 0.3 is 17.9 Å². The normalized spacial score (nSPS) is 18.9. The maximum absolute atomic E-state index is 12.4. The largest absolute Gasteiger partial charge is 0.480 e. The first kappa shape index (κ1) is 27.3. The molecule has 190 valence electrons. The molecule has 4 N–H and O–H groups in total. The summed E-state index contributed by atoms with van der Waals surface area (Å²) in [5, 5.41) is 29.7. The predicted octanol–water partition coefficient (Wildman–Crippen LogP) is 2.44. The van der Waals surface area contributed by atoms with Crippen LogP contribution in [0.25, 0.3) is 0 Å². The highest BCUT2D eigenvalue weighted by molar-refractivity contribution is 8.01. The lowest BCUT2D eigenvalue weighted by Crippen LogP contribution is -2.50. The summed E-state index contributed by atoms with van der Waals surface area (Å²) in [5.74, 6) is -4.24. The lowest BCUT2D eigenvalue weighted by atomic mass is 10.1. The molecule has 1 amide bonds. The molecule has 0 fully saturated rings. The van der Waals surface area contributed by atoms with E-state index in [1.165, 1.54) is 0 Å². The summed E-state index contributed by atoms with van der Waals surface area (Å²) in [6, 6.07) is 16.6. The van der Waals surface area contributed by atoms with E-state index < -0.39 is 46.4 Å². The molecule has 0 saturated heterocycles. The molecule has 0 aliphatic carbocycles. The molecule has 0 saturated carbocycles. The number of rotatable bonds is 12. The molecule has 0 aromatic heterocycles. The van der Waals surface area contributed by atoms with E-state index in [0.717, 1.165) is 29.1 Å². The van der Waals surface area contributed by atoms with Crippen molar-refractivity contribution in [2.24, 2.45) is 10.9 Å². The monoisotopic (exact) mass is 530 g/mol. The summed E-state index contributed by atoms with van der Waals surface area (Å²) in [4.78, 5) is 52.2. The van der Waals surface area contributed by atoms with E-state index in [1.807, 2.05) is 30.3 Å². The van der Waals surface area contributed by atoms with Crippen LogP contribution in [0.5, 0.6) is 0 Å². The van der Waals surface area contributed by atoms with Crippen molar-refractivity contribution in [3.8, 4) is 0 Å². The topological polar surface area (TPSA) is 153 Å². The molecule has 0 spiro atoms. The number of nitrogens with zero attached hydrogens (tertiary/aromatic N) is 1. The van der Waals surface area contributed by atoms with Crippen molar-refractivity contribution in [3.63, 3.8) is 0 Å². The van der Waals surface area contributed by atoms with E-state index in [0.29, 0.717) is 5.56 Å². The minimum atomic E-state index is -1.40. The molecule has 9 nitrogen and oxygen atoms in total. The maximum atomic E-state index is 12.4. The van der Waals surface area contributed by atoms with Gasteiger partial charge in [-0.1, -0.05) is 60.7 Å². The van der Waals surface area contributed by atoms with Crippen LogP contribution in [0.15, 0.2) is 65.7 Å². The van der Waals surface area contributed by atoms with Crippen LogP contribution in [0.3, 0.4) is 0 Å². The molecule has 1 aliphatic heterocycles. The van der Waals surface area contributed by atoms with Gasteiger partial charge < -0.3 is 20.6 Å². The summed E-state index contributed by atoms with van der Waals surface area (Å²) in [6.07, 6.45) is 0.270. The van der Waals surface area contributed by atoms with Crippen LogP contribution in [0.4, 0.5) is 0 Å². The van der Waals surface area contributed by atoms with Gasteiger partial charge in [0.05, 0.1) is 6.42 Å². The molecule has 0 bridgehead atoms. The predicted molar refractivity (Wildman–Crippen MR) is 139 cm³/mol. The number of hydrogen-bond acceptors (Lipinski definition) is 7. The van der Waals surface area contributed by atoms with Crippen LogP contribution >= 0.6 is 23.5 Å². The van der Waals surface area contributed by atoms with Crippen molar-refractivity contribution >= 4 is 53.1 Å². The quantitative estimate of drug-likeness (QED) is 0.324. The van der Waals surface area contributed by atoms with E-state index in [4.69, 9.17) is 0 Å². The number of nitrogens with one attached hydrogen (secondary N) is 1. The van der Waals surface area contributed by atoms with Crippen LogP contribution in [0.2, 0.25) is 0 Å². The Balaban J connectivity index is 1.67. The number of amides is 1. The Morgan fingerprint density at radius 1 is 0.944 bits per heavy atom. The van der Waals surface area contributed by atoms with Gasteiger partial charge in [-0.05, 0) is 17.5 Å². The van der Waals surface area contributed by atoms with E-state index >= 15 is 0 Å². The number of aliphatic imine (C=N–C) groups is 1. The molecule has 0 radical (unpaired) electrons. The highest BCUT2D eigenvalue weighted by Crippen LogP contribution is 2.31. The fourth-order valence-electron chi connectivity index (χ4n) is 3.64. The smallest absolute Gasteiger partial charge is 0.350 e. The number of thioether (sulfide) groups is 2. The van der Waals surface area contributed by atoms with E-state index in [1.54, 1.807) is 30.3 Å². The van der Waals surface area contributed by atoms with Gasteiger partial charge in [0.1, 0.15) is 16.3 Å². The molecule has 1 aliphatic rings. The number of hydrogen-bond donors (Lipinski definition) is 4. The summed E-state index contributed by atoms with van der Waals surface area (Å²) < 4.78 is 0. The molecule has 2 unspecified atom stereocenters. The Morgan fingerprint density at radius 2 is 1.56 bits per heavy atom. The van der Waals surface area contributed by atoms with E-state index in [2.05, 4.69) is 10.3 Å². The van der Waals surface area contributed by atoms with Gasteiger partial charge in [0.25, 0.3) is 0 Å². The van der Waals surface area contributed by atoms with Crippen LogP contribution < -0.4 is 5.32 Å². The number of benzene rings is 2. The third kappa shape index (κ3) is 7.85. The van der Waals surface area contributed by atoms with Crippen molar-refractivity contribution in [3.05, 3.63) is 71.8 Å². The van der Waals surface area contributed by atoms with E-state index in [9.17, 15) is 34.5 Å². The Bertz CT molecular complexity index is 1110. The lowest BCUT2D eigenvalue weighted by molar-refractivity contribution is -0.141. The summed E-state index contributed by atoms with van der Waals surface area (Å²) in [7, 11) is 0. The van der Waals surface area contributed by atoms with Gasteiger partial charge in [0, 0.05) is 17.4 Å². The number of carboxylic acid groups (broad SMARTS) is 3. The van der Waals surface area contributed by atoms with Gasteiger partial charge in [0.15, 0.2) is 6.04 Å². The molecule has 2 aromatic carbocycles. The van der Waals surface area contributed by atoms with Crippen molar-refractivity contribution in [1.82, 2.24) is 5.32 Å². The lowest BCUT2D eigenvalue weighted by Gasteiger charge is -2.29. The van der Waals surface area contributed by atoms with Crippen LogP contribution in [-0.2, 0) is 32.0 Å². The first-order valence-electron chi connectivity index (χ1n) is 11.1. The van der Waals surface area contributed by atoms with Crippen LogP contribution in [0, 0.1) is 5.92 Å². The van der Waals surface area contributed by atoms with Crippen LogP contribution in [-0.4, -0.2) is 73.0 Å². The summed E-state index contributed by atoms with van der Waals surface area (Å²) >= 11 is 2.27. The second-order valence-electron chi connectivity index (χ2n) is 8.14. The Morgan fingerprint density at radius 3 is 2.11 bits per heavy atom. The average molecular weight is 531 g/mol. The third-order valence-corrected chi connectivity index (χ3v) is 8.13. The zero-order valence-electron chi connectivity index (χ0n) is 19.1. The zero-order valence-corrected chi connectivity index (χ0v) is 20.8. The summed E-state index contributed by atoms with van der Waals surface area (Å²) in [6.45, 7) is 0. The Kier molecular flexibility index (Phi) is 9.95. The van der Waals surface area contributed by atoms with Gasteiger partial charge in [-0.25, -0.2) is 9.59 Å². The minimum absolute atomic E-state index is 0.0191. The van der Waals surface area contributed by atoms with Gasteiger partial charge in [-0.2, -0.15) is 0 Å². The Hall–Kier alpha value is -3.31. The van der Waals surface area contributed by atoms with Gasteiger partial charge in [-0.3, -0.25) is 14.6 Å². The third-order valence-electron chi connectivity index (χ3n) is 5.45. The molecule has 1 heterocycles. The first-order valence-corrected chi connectivity index (χ1v) is 13.2. The number of carbonyl (C=O) groups excluding carboxylic acids is 1. The number of carbonyl (C=O) groups is 4. The van der Waals surface area contributed by atoms with Crippen molar-refractivity contribution < 1.29 is 34.5 Å². The molecule has 2 aromatic rings. The second kappa shape index (κ2) is 13.1. The molecular weight excluding hydrogens is 504 g/mol. The van der Waals surface area contributed by atoms with E-state index in [-0.39, 0.29) is 30.1 Å². The van der Waals surface area contributed by atoms with Crippen LogP contribution in [0.1, 0.15) is 11.1 Å². The molecule has 3 rings (SSSR count). The molecule has 36 heavy (non-hydrogen) atoms. The van der Waals surface area contributed by atoms with Gasteiger partial charge in [0.2, 0.25) is 5.91 Å². The first-order chi connectivity index (χ1) is 17.2. The van der Waals surface area contributed by atoms with Crippen molar-refractivity contribution in [1.29, 1.82) is 0 Å².